The van der Waals surface area contributed by atoms with Crippen molar-refractivity contribution in [2.75, 3.05) is 12.8 Å². The summed E-state index contributed by atoms with van der Waals surface area (Å²) in [6.45, 7) is 0. The molecule has 3 nitrogen and oxygen atoms in total. The zero-order chi connectivity index (χ0) is 11.3. The number of ether oxygens (including phenoxy) is 1. The third-order valence-corrected chi connectivity index (χ3v) is 2.13. The molecule has 0 fully saturated rings. The molecule has 1 aromatic carbocycles. The van der Waals surface area contributed by atoms with E-state index in [9.17, 15) is 9.18 Å². The van der Waals surface area contributed by atoms with Crippen LogP contribution >= 0.6 is 0 Å². The fraction of sp³-hybridized carbons (Fsp3) is 0.364. The van der Waals surface area contributed by atoms with E-state index in [-0.39, 0.29) is 5.82 Å². The average molecular weight is 211 g/mol. The summed E-state index contributed by atoms with van der Waals surface area (Å²) in [5, 5.41) is 0. The number of hydrogen-bond acceptors (Lipinski definition) is 3. The van der Waals surface area contributed by atoms with E-state index in [0.717, 1.165) is 6.29 Å². The molecule has 0 radical (unpaired) electrons. The Labute approximate surface area is 88.0 Å². The first-order valence-electron chi connectivity index (χ1n) is 4.74. The minimum Gasteiger partial charge on any atom is -0.494 e. The van der Waals surface area contributed by atoms with Gasteiger partial charge in [0.25, 0.3) is 0 Å². The van der Waals surface area contributed by atoms with Gasteiger partial charge in [-0.2, -0.15) is 0 Å². The predicted molar refractivity (Wildman–Crippen MR) is 56.4 cm³/mol. The number of hydrogen-bond donors (Lipinski definition) is 1. The maximum atomic E-state index is 13.0. The number of nitrogens with two attached hydrogens (primary N) is 1. The molecule has 1 aromatic rings. The largest absolute Gasteiger partial charge is 0.494 e. The molecule has 0 aliphatic carbocycles. The van der Waals surface area contributed by atoms with Crippen molar-refractivity contribution in [2.24, 2.45) is 0 Å². The van der Waals surface area contributed by atoms with Crippen LogP contribution in [0, 0.1) is 5.82 Å². The first-order valence-corrected chi connectivity index (χ1v) is 4.74. The second-order valence-electron chi connectivity index (χ2n) is 3.25. The van der Waals surface area contributed by atoms with Gasteiger partial charge in [0, 0.05) is 12.5 Å². The lowest BCUT2D eigenvalue weighted by Gasteiger charge is -2.10. The van der Waals surface area contributed by atoms with Gasteiger partial charge in [0.1, 0.15) is 17.9 Å². The monoisotopic (exact) mass is 211 g/mol. The van der Waals surface area contributed by atoms with Crippen LogP contribution in [0.25, 0.3) is 0 Å². The van der Waals surface area contributed by atoms with Gasteiger partial charge in [0.05, 0.1) is 12.8 Å². The molecule has 0 aliphatic heterocycles. The van der Waals surface area contributed by atoms with E-state index in [1.807, 2.05) is 0 Å². The highest BCUT2D eigenvalue weighted by Gasteiger charge is 2.09. The maximum Gasteiger partial charge on any atom is 0.145 e. The zero-order valence-corrected chi connectivity index (χ0v) is 8.63. The van der Waals surface area contributed by atoms with Crippen molar-refractivity contribution in [2.45, 2.75) is 19.3 Å². The van der Waals surface area contributed by atoms with Crippen molar-refractivity contribution in [1.82, 2.24) is 0 Å². The molecule has 0 aromatic heterocycles. The van der Waals surface area contributed by atoms with Gasteiger partial charge >= 0.3 is 0 Å². The Hall–Kier alpha value is -1.58. The molecule has 0 spiro atoms. The normalized spacial score (nSPS) is 10.0. The Morgan fingerprint density at radius 1 is 1.53 bits per heavy atom. The van der Waals surface area contributed by atoms with Crippen molar-refractivity contribution in [1.29, 1.82) is 0 Å². The predicted octanol–water partition coefficient (Wildman–Crippen LogP) is 1.94. The van der Waals surface area contributed by atoms with Crippen molar-refractivity contribution in [3.05, 3.63) is 23.5 Å². The summed E-state index contributed by atoms with van der Waals surface area (Å²) in [5.41, 5.74) is 6.60. The fourth-order valence-corrected chi connectivity index (χ4v) is 1.48. The minimum absolute atomic E-state index is 0.290. The van der Waals surface area contributed by atoms with Crippen LogP contribution in [0.5, 0.6) is 5.75 Å². The molecule has 4 heteroatoms. The highest BCUT2D eigenvalue weighted by molar-refractivity contribution is 5.57. The maximum absolute atomic E-state index is 13.0. The van der Waals surface area contributed by atoms with Crippen molar-refractivity contribution in [3.8, 4) is 5.75 Å². The molecule has 0 saturated carbocycles. The Morgan fingerprint density at radius 3 is 2.87 bits per heavy atom. The van der Waals surface area contributed by atoms with E-state index in [2.05, 4.69) is 0 Å². The number of methoxy groups -OCH3 is 1. The zero-order valence-electron chi connectivity index (χ0n) is 8.63. The summed E-state index contributed by atoms with van der Waals surface area (Å²) in [5.74, 6) is 0.122. The lowest BCUT2D eigenvalue weighted by molar-refractivity contribution is -0.107. The van der Waals surface area contributed by atoms with Crippen LogP contribution in [0.15, 0.2) is 12.1 Å². The van der Waals surface area contributed by atoms with Gasteiger partial charge in [-0.25, -0.2) is 4.39 Å². The van der Waals surface area contributed by atoms with Gasteiger partial charge in [-0.05, 0) is 24.5 Å². The number of rotatable bonds is 5. The number of carbonyl (C=O) groups excluding carboxylic acids is 1. The van der Waals surface area contributed by atoms with Crippen LogP contribution in [-0.2, 0) is 11.2 Å². The summed E-state index contributed by atoms with van der Waals surface area (Å²) in [6.07, 6.45) is 2.56. The van der Waals surface area contributed by atoms with Crippen molar-refractivity contribution < 1.29 is 13.9 Å². The lowest BCUT2D eigenvalue weighted by Crippen LogP contribution is -1.99. The minimum atomic E-state index is -0.380. The van der Waals surface area contributed by atoms with E-state index >= 15 is 0 Å². The molecule has 1 rings (SSSR count). The topological polar surface area (TPSA) is 52.3 Å². The van der Waals surface area contributed by atoms with E-state index < -0.39 is 0 Å². The molecular formula is C11H14FNO2. The Morgan fingerprint density at radius 2 is 2.27 bits per heavy atom. The number of carbonyl (C=O) groups is 1. The Bertz CT molecular complexity index is 353. The number of benzene rings is 1. The van der Waals surface area contributed by atoms with Gasteiger partial charge in [-0.1, -0.05) is 0 Å². The van der Waals surface area contributed by atoms with Crippen LogP contribution in [-0.4, -0.2) is 13.4 Å². The number of aryl methyl sites for hydroxylation is 1. The first-order chi connectivity index (χ1) is 7.19. The van der Waals surface area contributed by atoms with Crippen LogP contribution in [0.2, 0.25) is 0 Å². The van der Waals surface area contributed by atoms with Gasteiger partial charge in [0.2, 0.25) is 0 Å². The van der Waals surface area contributed by atoms with Crippen LogP contribution < -0.4 is 10.5 Å². The van der Waals surface area contributed by atoms with Gasteiger partial charge in [-0.15, -0.1) is 0 Å². The smallest absolute Gasteiger partial charge is 0.145 e. The van der Waals surface area contributed by atoms with Gasteiger partial charge in [0.15, 0.2) is 0 Å². The Kier molecular flexibility index (Phi) is 4.09. The quantitative estimate of drug-likeness (QED) is 0.460. The second-order valence-corrected chi connectivity index (χ2v) is 3.25. The van der Waals surface area contributed by atoms with E-state index in [1.165, 1.54) is 19.2 Å². The molecular weight excluding hydrogens is 197 g/mol. The molecule has 0 aliphatic rings. The second kappa shape index (κ2) is 5.34. The summed E-state index contributed by atoms with van der Waals surface area (Å²) >= 11 is 0. The molecule has 0 saturated heterocycles. The van der Waals surface area contributed by atoms with Gasteiger partial charge in [-0.3, -0.25) is 0 Å². The van der Waals surface area contributed by atoms with Gasteiger partial charge < -0.3 is 15.3 Å². The van der Waals surface area contributed by atoms with E-state index in [1.54, 1.807) is 0 Å². The molecule has 0 amide bonds. The van der Waals surface area contributed by atoms with Crippen LogP contribution in [0.3, 0.4) is 0 Å². The van der Waals surface area contributed by atoms with E-state index in [0.29, 0.717) is 36.3 Å². The highest BCUT2D eigenvalue weighted by Crippen LogP contribution is 2.28. The van der Waals surface area contributed by atoms with Crippen LogP contribution in [0.4, 0.5) is 10.1 Å². The summed E-state index contributed by atoms with van der Waals surface area (Å²) in [4.78, 5) is 10.2. The molecule has 0 bridgehead atoms. The third kappa shape index (κ3) is 2.94. The van der Waals surface area contributed by atoms with E-state index in [4.69, 9.17) is 10.5 Å². The van der Waals surface area contributed by atoms with Crippen molar-refractivity contribution in [3.63, 3.8) is 0 Å². The Balaban J connectivity index is 2.88. The van der Waals surface area contributed by atoms with Crippen molar-refractivity contribution >= 4 is 12.0 Å². The van der Waals surface area contributed by atoms with Crippen LogP contribution in [0.1, 0.15) is 18.4 Å². The number of nitrogen functional groups attached to an aromatic ring is 1. The SMILES string of the molecule is COc1c(N)cc(F)cc1CCCC=O. The third-order valence-electron chi connectivity index (χ3n) is 2.13. The molecule has 82 valence electrons. The molecule has 15 heavy (non-hydrogen) atoms. The summed E-state index contributed by atoms with van der Waals surface area (Å²) in [7, 11) is 1.49. The number of aldehydes is 1. The summed E-state index contributed by atoms with van der Waals surface area (Å²) in [6, 6.07) is 2.61. The first kappa shape index (κ1) is 11.5. The standard InChI is InChI=1S/C11H14FNO2/c1-15-11-8(4-2-3-5-14)6-9(12)7-10(11)13/h5-7H,2-4,13H2,1H3. The summed E-state index contributed by atoms with van der Waals surface area (Å²) < 4.78 is 18.1. The number of unbranched alkanes of at least 4 members (excludes halogenated alkanes) is 1. The average Bonchev–Trinajstić information content (AvgIpc) is 2.17. The fourth-order valence-electron chi connectivity index (χ4n) is 1.48. The molecule has 2 N–H and O–H groups in total. The number of halogens is 1. The number of anilines is 1. The molecule has 0 atom stereocenters. The molecule has 0 unspecified atom stereocenters. The lowest BCUT2D eigenvalue weighted by atomic mass is 10.1. The molecule has 0 heterocycles. The highest BCUT2D eigenvalue weighted by atomic mass is 19.1.